The molecule has 2 saturated heterocycles. The van der Waals surface area contributed by atoms with Crippen molar-refractivity contribution < 1.29 is 9.59 Å². The van der Waals surface area contributed by atoms with E-state index in [1.807, 2.05) is 11.8 Å². The monoisotopic (exact) mass is 268 g/mol. The Labute approximate surface area is 114 Å². The smallest absolute Gasteiger partial charge is 0.317 e. The van der Waals surface area contributed by atoms with E-state index in [1.54, 1.807) is 4.90 Å². The average Bonchev–Trinajstić information content (AvgIpc) is 2.92. The van der Waals surface area contributed by atoms with Crippen molar-refractivity contribution in [2.24, 2.45) is 0 Å². The zero-order chi connectivity index (χ0) is 13.7. The Kier molecular flexibility index (Phi) is 5.01. The predicted octanol–water partition coefficient (Wildman–Crippen LogP) is -0.0441. The Morgan fingerprint density at radius 1 is 0.947 bits per heavy atom. The van der Waals surface area contributed by atoms with Crippen molar-refractivity contribution in [1.82, 2.24) is 20.0 Å². The summed E-state index contributed by atoms with van der Waals surface area (Å²) in [7, 11) is 0. The molecule has 0 saturated carbocycles. The molecule has 108 valence electrons. The van der Waals surface area contributed by atoms with Crippen molar-refractivity contribution in [2.75, 3.05) is 52.4 Å². The minimum absolute atomic E-state index is 0.0193. The van der Waals surface area contributed by atoms with Gasteiger partial charge in [0.1, 0.15) is 0 Å². The minimum Gasteiger partial charge on any atom is -0.338 e. The summed E-state index contributed by atoms with van der Waals surface area (Å²) in [5.41, 5.74) is 0. The zero-order valence-corrected chi connectivity index (χ0v) is 11.7. The lowest BCUT2D eigenvalue weighted by Gasteiger charge is -2.35. The van der Waals surface area contributed by atoms with Gasteiger partial charge in [-0.3, -0.25) is 9.69 Å². The van der Waals surface area contributed by atoms with Gasteiger partial charge < -0.3 is 15.1 Å². The number of carbonyl (C=O) groups excluding carboxylic acids is 2. The Hall–Kier alpha value is -1.30. The largest absolute Gasteiger partial charge is 0.338 e. The van der Waals surface area contributed by atoms with Crippen LogP contribution in [0.3, 0.4) is 0 Å². The van der Waals surface area contributed by atoms with E-state index in [0.717, 1.165) is 13.1 Å². The molecule has 0 aliphatic carbocycles. The van der Waals surface area contributed by atoms with Crippen LogP contribution in [0.4, 0.5) is 4.79 Å². The first kappa shape index (κ1) is 14.1. The number of nitrogens with zero attached hydrogens (tertiary/aromatic N) is 3. The highest BCUT2D eigenvalue weighted by Gasteiger charge is 2.25. The van der Waals surface area contributed by atoms with Gasteiger partial charge in [0.15, 0.2) is 0 Å². The highest BCUT2D eigenvalue weighted by Crippen LogP contribution is 2.09. The van der Waals surface area contributed by atoms with E-state index in [2.05, 4.69) is 10.2 Å². The maximum atomic E-state index is 12.1. The highest BCUT2D eigenvalue weighted by molar-refractivity contribution is 5.79. The second-order valence-electron chi connectivity index (χ2n) is 5.19. The summed E-state index contributed by atoms with van der Waals surface area (Å²) in [6.45, 7) is 7.78. The molecule has 19 heavy (non-hydrogen) atoms. The number of amides is 3. The van der Waals surface area contributed by atoms with Gasteiger partial charge >= 0.3 is 6.03 Å². The van der Waals surface area contributed by atoms with Crippen LogP contribution < -0.4 is 5.32 Å². The van der Waals surface area contributed by atoms with Crippen molar-refractivity contribution in [2.45, 2.75) is 19.8 Å². The fourth-order valence-electron chi connectivity index (χ4n) is 2.65. The summed E-state index contributed by atoms with van der Waals surface area (Å²) in [5.74, 6) is 0.206. The lowest BCUT2D eigenvalue weighted by atomic mass is 10.3. The molecule has 0 aromatic heterocycles. The average molecular weight is 268 g/mol. The van der Waals surface area contributed by atoms with Gasteiger partial charge in [0.2, 0.25) is 5.91 Å². The summed E-state index contributed by atoms with van der Waals surface area (Å²) >= 11 is 0. The molecule has 2 fully saturated rings. The molecule has 6 heteroatoms. The molecule has 0 radical (unpaired) electrons. The number of rotatable bonds is 3. The Morgan fingerprint density at radius 2 is 1.53 bits per heavy atom. The molecule has 1 N–H and O–H groups in total. The van der Waals surface area contributed by atoms with Gasteiger partial charge in [0.25, 0.3) is 0 Å². The summed E-state index contributed by atoms with van der Waals surface area (Å²) in [4.78, 5) is 29.7. The zero-order valence-electron chi connectivity index (χ0n) is 11.7. The molecule has 0 aromatic rings. The fraction of sp³-hybridized carbons (Fsp3) is 0.846. The summed E-state index contributed by atoms with van der Waals surface area (Å²) in [6.07, 6.45) is 2.41. The second-order valence-corrected chi connectivity index (χ2v) is 5.19. The van der Waals surface area contributed by atoms with Gasteiger partial charge in [-0.2, -0.15) is 0 Å². The predicted molar refractivity (Wildman–Crippen MR) is 72.9 cm³/mol. The van der Waals surface area contributed by atoms with Gasteiger partial charge in [-0.05, 0) is 32.9 Å². The van der Waals surface area contributed by atoms with Crippen LogP contribution in [0.15, 0.2) is 0 Å². The van der Waals surface area contributed by atoms with Crippen molar-refractivity contribution in [1.29, 1.82) is 0 Å². The summed E-state index contributed by atoms with van der Waals surface area (Å²) < 4.78 is 0. The van der Waals surface area contributed by atoms with E-state index >= 15 is 0 Å². The lowest BCUT2D eigenvalue weighted by Crippen LogP contribution is -2.54. The van der Waals surface area contributed by atoms with Crippen molar-refractivity contribution >= 4 is 11.9 Å². The maximum absolute atomic E-state index is 12.1. The number of nitrogens with one attached hydrogen (secondary N) is 1. The standard InChI is InChI=1S/C13H24N4O2/c1-2-14-13(19)17-9-7-16(8-10-17)12(18)11-15-5-3-4-6-15/h2-11H2,1H3,(H,14,19). The summed E-state index contributed by atoms with van der Waals surface area (Å²) in [5, 5.41) is 2.79. The molecule has 0 atom stereocenters. The van der Waals surface area contributed by atoms with Crippen LogP contribution in [-0.4, -0.2) is 79.0 Å². The van der Waals surface area contributed by atoms with Gasteiger partial charge in [-0.1, -0.05) is 0 Å². The minimum atomic E-state index is -0.0193. The molecule has 2 rings (SSSR count). The topological polar surface area (TPSA) is 55.9 Å². The van der Waals surface area contributed by atoms with Gasteiger partial charge in [-0.25, -0.2) is 4.79 Å². The van der Waals surface area contributed by atoms with E-state index in [9.17, 15) is 9.59 Å². The van der Waals surface area contributed by atoms with Crippen LogP contribution in [0.25, 0.3) is 0 Å². The number of piperazine rings is 1. The SMILES string of the molecule is CCNC(=O)N1CCN(C(=O)CN2CCCC2)CC1. The first-order chi connectivity index (χ1) is 9.20. The van der Waals surface area contributed by atoms with Crippen molar-refractivity contribution in [3.63, 3.8) is 0 Å². The Morgan fingerprint density at radius 3 is 2.11 bits per heavy atom. The molecule has 0 spiro atoms. The molecule has 2 aliphatic heterocycles. The Bertz CT molecular complexity index is 321. The maximum Gasteiger partial charge on any atom is 0.317 e. The fourth-order valence-corrected chi connectivity index (χ4v) is 2.65. The third-order valence-corrected chi connectivity index (χ3v) is 3.81. The molecule has 6 nitrogen and oxygen atoms in total. The van der Waals surface area contributed by atoms with Crippen LogP contribution in [0.5, 0.6) is 0 Å². The molecule has 3 amide bonds. The molecule has 0 bridgehead atoms. The van der Waals surface area contributed by atoms with E-state index in [4.69, 9.17) is 0 Å². The molecule has 2 aliphatic rings. The van der Waals surface area contributed by atoms with Crippen LogP contribution in [0, 0.1) is 0 Å². The Balaban J connectivity index is 1.72. The van der Waals surface area contributed by atoms with Gasteiger partial charge in [0.05, 0.1) is 6.54 Å². The molecular weight excluding hydrogens is 244 g/mol. The van der Waals surface area contributed by atoms with Crippen LogP contribution in [0.1, 0.15) is 19.8 Å². The van der Waals surface area contributed by atoms with E-state index in [-0.39, 0.29) is 11.9 Å². The molecule has 2 heterocycles. The first-order valence-electron chi connectivity index (χ1n) is 7.23. The third kappa shape index (κ3) is 3.83. The normalized spacial score (nSPS) is 20.7. The third-order valence-electron chi connectivity index (χ3n) is 3.81. The number of likely N-dealkylation sites (tertiary alicyclic amines) is 1. The van der Waals surface area contributed by atoms with Crippen LogP contribution in [0.2, 0.25) is 0 Å². The van der Waals surface area contributed by atoms with Crippen molar-refractivity contribution in [3.05, 3.63) is 0 Å². The number of carbonyl (C=O) groups is 2. The van der Waals surface area contributed by atoms with E-state index in [1.165, 1.54) is 12.8 Å². The molecule has 0 aromatic carbocycles. The number of hydrogen-bond donors (Lipinski definition) is 1. The van der Waals surface area contributed by atoms with Crippen LogP contribution in [-0.2, 0) is 4.79 Å². The second kappa shape index (κ2) is 6.75. The van der Waals surface area contributed by atoms with Crippen molar-refractivity contribution in [3.8, 4) is 0 Å². The van der Waals surface area contributed by atoms with Crippen LogP contribution >= 0.6 is 0 Å². The van der Waals surface area contributed by atoms with Gasteiger partial charge in [-0.15, -0.1) is 0 Å². The molecule has 0 unspecified atom stereocenters. The quantitative estimate of drug-likeness (QED) is 0.781. The molecular formula is C13H24N4O2. The summed E-state index contributed by atoms with van der Waals surface area (Å²) in [6, 6.07) is -0.0193. The first-order valence-corrected chi connectivity index (χ1v) is 7.23. The number of hydrogen-bond acceptors (Lipinski definition) is 3. The van der Waals surface area contributed by atoms with E-state index < -0.39 is 0 Å². The number of urea groups is 1. The van der Waals surface area contributed by atoms with Gasteiger partial charge in [0, 0.05) is 32.7 Å². The lowest BCUT2D eigenvalue weighted by molar-refractivity contribution is -0.133. The van der Waals surface area contributed by atoms with E-state index in [0.29, 0.717) is 39.3 Å². The highest BCUT2D eigenvalue weighted by atomic mass is 16.2.